The van der Waals surface area contributed by atoms with Gasteiger partial charge < -0.3 is 14.7 Å². The van der Waals surface area contributed by atoms with E-state index in [9.17, 15) is 14.3 Å². The molecule has 8 heteroatoms. The summed E-state index contributed by atoms with van der Waals surface area (Å²) in [5, 5.41) is 14.7. The van der Waals surface area contributed by atoms with E-state index >= 15 is 0 Å². The second-order valence-electron chi connectivity index (χ2n) is 6.93. The summed E-state index contributed by atoms with van der Waals surface area (Å²) in [6, 6.07) is 6.76. The van der Waals surface area contributed by atoms with Crippen molar-refractivity contribution in [2.24, 2.45) is 0 Å². The summed E-state index contributed by atoms with van der Waals surface area (Å²) < 4.78 is 20.9. The fourth-order valence-electron chi connectivity index (χ4n) is 3.24. The molecule has 27 heavy (non-hydrogen) atoms. The molecule has 0 saturated heterocycles. The van der Waals surface area contributed by atoms with Crippen molar-refractivity contribution in [3.05, 3.63) is 47.0 Å². The number of para-hydroxylation sites is 1. The molecule has 0 aliphatic carbocycles. The lowest BCUT2D eigenvalue weighted by Crippen LogP contribution is -2.33. The number of carbonyl (C=O) groups excluding carboxylic acids is 1. The van der Waals surface area contributed by atoms with E-state index in [1.165, 1.54) is 18.1 Å². The molecule has 1 aromatic carbocycles. The SMILES string of the molecule is COc1c(F)cccc1CN1CCn2nc(C(O)CC(=O)N(C)C)cc2C1. The minimum atomic E-state index is -0.922. The first-order valence-corrected chi connectivity index (χ1v) is 8.87. The minimum Gasteiger partial charge on any atom is -0.493 e. The number of aliphatic hydroxyl groups is 1. The maximum Gasteiger partial charge on any atom is 0.225 e. The fourth-order valence-corrected chi connectivity index (χ4v) is 3.24. The summed E-state index contributed by atoms with van der Waals surface area (Å²) in [4.78, 5) is 15.4. The number of ether oxygens (including phenoxy) is 1. The number of methoxy groups -OCH3 is 1. The van der Waals surface area contributed by atoms with Gasteiger partial charge in [-0.25, -0.2) is 4.39 Å². The third-order valence-corrected chi connectivity index (χ3v) is 4.75. The van der Waals surface area contributed by atoms with E-state index in [-0.39, 0.29) is 23.9 Å². The maximum absolute atomic E-state index is 13.9. The van der Waals surface area contributed by atoms with E-state index in [0.717, 1.165) is 17.8 Å². The molecule has 1 aliphatic heterocycles. The number of aliphatic hydroxyl groups excluding tert-OH is 1. The highest BCUT2D eigenvalue weighted by Gasteiger charge is 2.24. The Morgan fingerprint density at radius 2 is 2.19 bits per heavy atom. The summed E-state index contributed by atoms with van der Waals surface area (Å²) in [6.45, 7) is 2.60. The van der Waals surface area contributed by atoms with Gasteiger partial charge in [-0.1, -0.05) is 12.1 Å². The first kappa shape index (κ1) is 19.3. The number of rotatable bonds is 6. The maximum atomic E-state index is 13.9. The molecule has 0 bridgehead atoms. The van der Waals surface area contributed by atoms with Crippen molar-refractivity contribution in [3.8, 4) is 5.75 Å². The normalized spacial score (nSPS) is 15.3. The smallest absolute Gasteiger partial charge is 0.225 e. The van der Waals surface area contributed by atoms with Crippen molar-refractivity contribution < 1.29 is 19.0 Å². The summed E-state index contributed by atoms with van der Waals surface area (Å²) in [5.41, 5.74) is 2.26. The van der Waals surface area contributed by atoms with Crippen molar-refractivity contribution in [1.82, 2.24) is 19.6 Å². The number of benzene rings is 1. The molecule has 1 N–H and O–H groups in total. The molecule has 2 aromatic rings. The van der Waals surface area contributed by atoms with E-state index < -0.39 is 6.10 Å². The Bertz CT molecular complexity index is 821. The Hall–Kier alpha value is -2.45. The van der Waals surface area contributed by atoms with Crippen LogP contribution in [0.5, 0.6) is 5.75 Å². The number of aromatic nitrogens is 2. The van der Waals surface area contributed by atoms with Crippen LogP contribution in [0.15, 0.2) is 24.3 Å². The van der Waals surface area contributed by atoms with Crippen molar-refractivity contribution in [2.45, 2.75) is 32.2 Å². The standard InChI is InChI=1S/C19H25FN4O3/c1-22(2)18(26)10-17(25)16-9-14-12-23(7-8-24(14)21-16)11-13-5-4-6-15(20)19(13)27-3/h4-6,9,17,25H,7-8,10-12H2,1-3H3. The van der Waals surface area contributed by atoms with Crippen LogP contribution in [0, 0.1) is 5.82 Å². The number of amides is 1. The van der Waals surface area contributed by atoms with Crippen LogP contribution in [-0.2, 0) is 24.4 Å². The predicted octanol–water partition coefficient (Wildman–Crippen LogP) is 1.56. The number of halogens is 1. The molecule has 1 atom stereocenters. The Labute approximate surface area is 157 Å². The Balaban J connectivity index is 1.69. The van der Waals surface area contributed by atoms with Gasteiger partial charge in [0.15, 0.2) is 11.6 Å². The molecule has 1 unspecified atom stereocenters. The Kier molecular flexibility index (Phi) is 5.76. The van der Waals surface area contributed by atoms with Crippen molar-refractivity contribution >= 4 is 5.91 Å². The molecule has 0 radical (unpaired) electrons. The Morgan fingerprint density at radius 3 is 2.89 bits per heavy atom. The lowest BCUT2D eigenvalue weighted by Gasteiger charge is -2.28. The van der Waals surface area contributed by atoms with E-state index in [1.807, 2.05) is 16.8 Å². The van der Waals surface area contributed by atoms with Gasteiger partial charge in [0.2, 0.25) is 5.91 Å². The van der Waals surface area contributed by atoms with E-state index in [2.05, 4.69) is 10.00 Å². The molecule has 1 amide bonds. The third-order valence-electron chi connectivity index (χ3n) is 4.75. The lowest BCUT2D eigenvalue weighted by molar-refractivity contribution is -0.130. The summed E-state index contributed by atoms with van der Waals surface area (Å²) in [7, 11) is 4.79. The average Bonchev–Trinajstić information content (AvgIpc) is 3.05. The zero-order valence-corrected chi connectivity index (χ0v) is 15.9. The highest BCUT2D eigenvalue weighted by molar-refractivity contribution is 5.76. The quantitative estimate of drug-likeness (QED) is 0.829. The molecule has 0 fully saturated rings. The molecular weight excluding hydrogens is 351 g/mol. The van der Waals surface area contributed by atoms with E-state index in [1.54, 1.807) is 20.2 Å². The summed E-state index contributed by atoms with van der Waals surface area (Å²) in [6.07, 6.45) is -0.914. The van der Waals surface area contributed by atoms with Crippen molar-refractivity contribution in [1.29, 1.82) is 0 Å². The Morgan fingerprint density at radius 1 is 1.41 bits per heavy atom. The highest BCUT2D eigenvalue weighted by Crippen LogP contribution is 2.26. The van der Waals surface area contributed by atoms with Gasteiger partial charge in [0.1, 0.15) is 6.10 Å². The molecule has 7 nitrogen and oxygen atoms in total. The fraction of sp³-hybridized carbons (Fsp3) is 0.474. The zero-order valence-electron chi connectivity index (χ0n) is 15.9. The highest BCUT2D eigenvalue weighted by atomic mass is 19.1. The summed E-state index contributed by atoms with van der Waals surface area (Å²) >= 11 is 0. The number of hydrogen-bond acceptors (Lipinski definition) is 5. The van der Waals surface area contributed by atoms with Gasteiger partial charge in [-0.2, -0.15) is 5.10 Å². The minimum absolute atomic E-state index is 0.00760. The lowest BCUT2D eigenvalue weighted by atomic mass is 10.1. The molecule has 0 saturated carbocycles. The monoisotopic (exact) mass is 376 g/mol. The second kappa shape index (κ2) is 8.06. The van der Waals surface area contributed by atoms with Crippen LogP contribution >= 0.6 is 0 Å². The molecule has 3 rings (SSSR count). The van der Waals surface area contributed by atoms with Gasteiger partial charge in [0, 0.05) is 39.3 Å². The van der Waals surface area contributed by atoms with E-state index in [4.69, 9.17) is 4.74 Å². The van der Waals surface area contributed by atoms with Crippen molar-refractivity contribution in [3.63, 3.8) is 0 Å². The van der Waals surface area contributed by atoms with Gasteiger partial charge in [0.05, 0.1) is 31.5 Å². The van der Waals surface area contributed by atoms with Crippen LogP contribution in [0.4, 0.5) is 4.39 Å². The van der Waals surface area contributed by atoms with Crippen LogP contribution < -0.4 is 4.74 Å². The van der Waals surface area contributed by atoms with Gasteiger partial charge in [-0.05, 0) is 12.1 Å². The molecule has 1 aromatic heterocycles. The topological polar surface area (TPSA) is 70.8 Å². The van der Waals surface area contributed by atoms with Crippen molar-refractivity contribution in [2.75, 3.05) is 27.7 Å². The average molecular weight is 376 g/mol. The van der Waals surface area contributed by atoms with Crippen LogP contribution in [-0.4, -0.2) is 58.3 Å². The number of hydrogen-bond donors (Lipinski definition) is 1. The first-order valence-electron chi connectivity index (χ1n) is 8.87. The molecule has 146 valence electrons. The van der Waals surface area contributed by atoms with Crippen LogP contribution in [0.2, 0.25) is 0 Å². The van der Waals surface area contributed by atoms with Crippen LogP contribution in [0.1, 0.15) is 29.5 Å². The molecular formula is C19H25FN4O3. The van der Waals surface area contributed by atoms with Crippen LogP contribution in [0.3, 0.4) is 0 Å². The first-order chi connectivity index (χ1) is 12.9. The van der Waals surface area contributed by atoms with Gasteiger partial charge in [-0.3, -0.25) is 14.4 Å². The molecule has 0 spiro atoms. The second-order valence-corrected chi connectivity index (χ2v) is 6.93. The third kappa shape index (κ3) is 4.28. The predicted molar refractivity (Wildman–Crippen MR) is 97.6 cm³/mol. The zero-order chi connectivity index (χ0) is 19.6. The van der Waals surface area contributed by atoms with Gasteiger partial charge >= 0.3 is 0 Å². The largest absolute Gasteiger partial charge is 0.493 e. The van der Waals surface area contributed by atoms with Gasteiger partial charge in [0.25, 0.3) is 0 Å². The van der Waals surface area contributed by atoms with Crippen LogP contribution in [0.25, 0.3) is 0 Å². The summed E-state index contributed by atoms with van der Waals surface area (Å²) in [5.74, 6) is -0.240. The van der Waals surface area contributed by atoms with E-state index in [0.29, 0.717) is 25.3 Å². The number of fused-ring (bicyclic) bond motifs is 1. The molecule has 2 heterocycles. The number of carbonyl (C=O) groups is 1. The number of nitrogens with zero attached hydrogens (tertiary/aromatic N) is 4. The molecule has 1 aliphatic rings. The van der Waals surface area contributed by atoms with Gasteiger partial charge in [-0.15, -0.1) is 0 Å².